The van der Waals surface area contributed by atoms with Gasteiger partial charge in [0.05, 0.1) is 0 Å². The molecule has 1 aliphatic carbocycles. The summed E-state index contributed by atoms with van der Waals surface area (Å²) in [6, 6.07) is 8.47. The lowest BCUT2D eigenvalue weighted by Crippen LogP contribution is -2.07. The highest BCUT2D eigenvalue weighted by atomic mass is 16.5. The molecule has 0 amide bonds. The third-order valence-electron chi connectivity index (χ3n) is 3.35. The standard InChI is InChI=1S/C14H16N2O/c1-15-9-13-12-8-4-6-10-5-2-3-7-11(10)14(12)17-16-13/h2-3,5,7,15H,4,6,8-9H2,1H3. The van der Waals surface area contributed by atoms with E-state index < -0.39 is 0 Å². The van der Waals surface area contributed by atoms with Gasteiger partial charge in [0, 0.05) is 17.7 Å². The molecule has 0 bridgehead atoms. The molecule has 1 aromatic carbocycles. The van der Waals surface area contributed by atoms with Crippen LogP contribution in [0.4, 0.5) is 0 Å². The molecule has 17 heavy (non-hydrogen) atoms. The number of aryl methyl sites for hydroxylation is 1. The molecule has 1 N–H and O–H groups in total. The minimum atomic E-state index is 0.779. The molecule has 0 spiro atoms. The van der Waals surface area contributed by atoms with Crippen molar-refractivity contribution in [1.82, 2.24) is 10.5 Å². The normalized spacial score (nSPS) is 13.9. The minimum absolute atomic E-state index is 0.779. The van der Waals surface area contributed by atoms with Gasteiger partial charge >= 0.3 is 0 Å². The number of hydrogen-bond donors (Lipinski definition) is 1. The molecule has 3 nitrogen and oxygen atoms in total. The van der Waals surface area contributed by atoms with Crippen molar-refractivity contribution < 1.29 is 4.52 Å². The molecule has 2 aromatic rings. The summed E-state index contributed by atoms with van der Waals surface area (Å²) in [7, 11) is 1.94. The molecule has 0 radical (unpaired) electrons. The molecule has 1 aliphatic rings. The maximum atomic E-state index is 5.56. The van der Waals surface area contributed by atoms with E-state index in [-0.39, 0.29) is 0 Å². The van der Waals surface area contributed by atoms with Gasteiger partial charge in [-0.2, -0.15) is 0 Å². The van der Waals surface area contributed by atoms with Gasteiger partial charge in [0.1, 0.15) is 5.69 Å². The van der Waals surface area contributed by atoms with Gasteiger partial charge in [0.15, 0.2) is 5.76 Å². The van der Waals surface area contributed by atoms with Crippen molar-refractivity contribution in [3.05, 3.63) is 41.1 Å². The molecule has 0 saturated carbocycles. The number of fused-ring (bicyclic) bond motifs is 3. The monoisotopic (exact) mass is 228 g/mol. The Morgan fingerprint density at radius 1 is 1.29 bits per heavy atom. The number of aromatic nitrogens is 1. The van der Waals surface area contributed by atoms with E-state index in [1.807, 2.05) is 7.05 Å². The third-order valence-corrected chi connectivity index (χ3v) is 3.35. The van der Waals surface area contributed by atoms with Gasteiger partial charge in [-0.1, -0.05) is 29.4 Å². The molecular formula is C14H16N2O. The maximum absolute atomic E-state index is 5.56. The average molecular weight is 228 g/mol. The fourth-order valence-corrected chi connectivity index (χ4v) is 2.53. The molecule has 0 atom stereocenters. The van der Waals surface area contributed by atoms with Crippen molar-refractivity contribution in [3.8, 4) is 11.3 Å². The first-order valence-corrected chi connectivity index (χ1v) is 6.10. The molecule has 1 heterocycles. The minimum Gasteiger partial charge on any atom is -0.356 e. The smallest absolute Gasteiger partial charge is 0.170 e. The van der Waals surface area contributed by atoms with Crippen LogP contribution in [0.5, 0.6) is 0 Å². The summed E-state index contributed by atoms with van der Waals surface area (Å²) in [5.41, 5.74) is 4.93. The Labute approximate surface area is 101 Å². The Balaban J connectivity index is 2.13. The lowest BCUT2D eigenvalue weighted by Gasteiger charge is -2.02. The quantitative estimate of drug-likeness (QED) is 0.858. The molecule has 3 rings (SSSR count). The van der Waals surface area contributed by atoms with Crippen LogP contribution in [0.3, 0.4) is 0 Å². The van der Waals surface area contributed by atoms with Crippen LogP contribution in [0.2, 0.25) is 0 Å². The highest BCUT2D eigenvalue weighted by Gasteiger charge is 2.21. The second kappa shape index (κ2) is 4.34. The summed E-state index contributed by atoms with van der Waals surface area (Å²) < 4.78 is 5.56. The van der Waals surface area contributed by atoms with E-state index in [4.69, 9.17) is 4.52 Å². The summed E-state index contributed by atoms with van der Waals surface area (Å²) in [5, 5.41) is 7.33. The van der Waals surface area contributed by atoms with Crippen LogP contribution >= 0.6 is 0 Å². The van der Waals surface area contributed by atoms with Crippen molar-refractivity contribution in [2.75, 3.05) is 7.05 Å². The van der Waals surface area contributed by atoms with Crippen LogP contribution in [0.1, 0.15) is 23.2 Å². The molecule has 0 fully saturated rings. The van der Waals surface area contributed by atoms with Crippen LogP contribution in [-0.4, -0.2) is 12.2 Å². The zero-order valence-electron chi connectivity index (χ0n) is 9.99. The van der Waals surface area contributed by atoms with Gasteiger partial charge < -0.3 is 9.84 Å². The van der Waals surface area contributed by atoms with Gasteiger partial charge in [0.25, 0.3) is 0 Å². The van der Waals surface area contributed by atoms with E-state index in [0.717, 1.165) is 30.8 Å². The van der Waals surface area contributed by atoms with E-state index in [1.165, 1.54) is 23.1 Å². The van der Waals surface area contributed by atoms with E-state index >= 15 is 0 Å². The summed E-state index contributed by atoms with van der Waals surface area (Å²) in [6.07, 6.45) is 3.35. The summed E-state index contributed by atoms with van der Waals surface area (Å²) >= 11 is 0. The largest absolute Gasteiger partial charge is 0.356 e. The second-order valence-corrected chi connectivity index (χ2v) is 4.48. The van der Waals surface area contributed by atoms with Gasteiger partial charge in [-0.3, -0.25) is 0 Å². The fraction of sp³-hybridized carbons (Fsp3) is 0.357. The third kappa shape index (κ3) is 1.76. The zero-order chi connectivity index (χ0) is 11.7. The zero-order valence-corrected chi connectivity index (χ0v) is 9.99. The van der Waals surface area contributed by atoms with Crippen molar-refractivity contribution in [2.24, 2.45) is 0 Å². The molecule has 3 heteroatoms. The van der Waals surface area contributed by atoms with Gasteiger partial charge in [-0.05, 0) is 31.9 Å². The Kier molecular flexibility index (Phi) is 2.69. The average Bonchev–Trinajstić information content (AvgIpc) is 2.65. The molecule has 0 saturated heterocycles. The van der Waals surface area contributed by atoms with Crippen LogP contribution < -0.4 is 5.32 Å². The van der Waals surface area contributed by atoms with Crippen LogP contribution in [0.25, 0.3) is 11.3 Å². The van der Waals surface area contributed by atoms with Gasteiger partial charge in [0.2, 0.25) is 0 Å². The molecule has 0 aliphatic heterocycles. The Morgan fingerprint density at radius 3 is 3.06 bits per heavy atom. The number of nitrogens with one attached hydrogen (secondary N) is 1. The van der Waals surface area contributed by atoms with Crippen LogP contribution in [-0.2, 0) is 19.4 Å². The van der Waals surface area contributed by atoms with Crippen molar-refractivity contribution in [3.63, 3.8) is 0 Å². The predicted molar refractivity (Wildman–Crippen MR) is 66.7 cm³/mol. The van der Waals surface area contributed by atoms with Crippen molar-refractivity contribution in [1.29, 1.82) is 0 Å². The number of rotatable bonds is 2. The Morgan fingerprint density at radius 2 is 2.18 bits per heavy atom. The van der Waals surface area contributed by atoms with Gasteiger partial charge in [-0.25, -0.2) is 0 Å². The Hall–Kier alpha value is -1.61. The lowest BCUT2D eigenvalue weighted by atomic mass is 10.0. The molecule has 1 aromatic heterocycles. The first-order chi connectivity index (χ1) is 8.40. The number of hydrogen-bond acceptors (Lipinski definition) is 3. The lowest BCUT2D eigenvalue weighted by molar-refractivity contribution is 0.421. The number of nitrogens with zero attached hydrogens (tertiary/aromatic N) is 1. The summed E-state index contributed by atoms with van der Waals surface area (Å²) in [6.45, 7) is 0.779. The first kappa shape index (κ1) is 10.5. The van der Waals surface area contributed by atoms with E-state index in [9.17, 15) is 0 Å². The predicted octanol–water partition coefficient (Wildman–Crippen LogP) is 2.55. The highest BCUT2D eigenvalue weighted by Crippen LogP contribution is 2.33. The molecule has 88 valence electrons. The van der Waals surface area contributed by atoms with Crippen molar-refractivity contribution in [2.45, 2.75) is 25.8 Å². The second-order valence-electron chi connectivity index (χ2n) is 4.48. The topological polar surface area (TPSA) is 38.1 Å². The highest BCUT2D eigenvalue weighted by molar-refractivity contribution is 5.67. The molecular weight excluding hydrogens is 212 g/mol. The van der Waals surface area contributed by atoms with E-state index in [2.05, 4.69) is 34.7 Å². The van der Waals surface area contributed by atoms with E-state index in [0.29, 0.717) is 0 Å². The molecule has 0 unspecified atom stereocenters. The first-order valence-electron chi connectivity index (χ1n) is 6.10. The summed E-state index contributed by atoms with van der Waals surface area (Å²) in [5.74, 6) is 0.975. The SMILES string of the molecule is CNCc1noc2c1CCCc1ccccc1-2. The number of benzene rings is 1. The van der Waals surface area contributed by atoms with Crippen LogP contribution in [0.15, 0.2) is 28.8 Å². The van der Waals surface area contributed by atoms with Gasteiger partial charge in [-0.15, -0.1) is 0 Å². The van der Waals surface area contributed by atoms with E-state index in [1.54, 1.807) is 0 Å². The summed E-state index contributed by atoms with van der Waals surface area (Å²) in [4.78, 5) is 0. The maximum Gasteiger partial charge on any atom is 0.170 e. The Bertz CT molecular complexity index is 531. The van der Waals surface area contributed by atoms with Crippen LogP contribution in [0, 0.1) is 0 Å². The van der Waals surface area contributed by atoms with Crippen molar-refractivity contribution >= 4 is 0 Å². The fourth-order valence-electron chi connectivity index (χ4n) is 2.53.